The van der Waals surface area contributed by atoms with Crippen LogP contribution in [0.3, 0.4) is 0 Å². The maximum absolute atomic E-state index is 13.3. The SMILES string of the molecule is CCCCOC(=O)[C@@H]1CC2=CC(=O)CCC2(C)C2=C1C1=CC[C@@]3(C)CCC(=O)[C@@]13CC2. The first-order valence-electron chi connectivity index (χ1n) is 12.2. The van der Waals surface area contributed by atoms with Crippen LogP contribution < -0.4 is 0 Å². The van der Waals surface area contributed by atoms with Crippen molar-refractivity contribution in [3.05, 3.63) is 34.4 Å². The lowest BCUT2D eigenvalue weighted by Crippen LogP contribution is -2.46. The summed E-state index contributed by atoms with van der Waals surface area (Å²) in [6, 6.07) is 0. The van der Waals surface area contributed by atoms with E-state index in [4.69, 9.17) is 4.74 Å². The van der Waals surface area contributed by atoms with E-state index in [1.165, 1.54) is 5.57 Å². The Balaban J connectivity index is 1.64. The molecule has 1 saturated carbocycles. The third-order valence-electron chi connectivity index (χ3n) is 9.37. The van der Waals surface area contributed by atoms with Crippen LogP contribution in [0, 0.1) is 22.2 Å². The lowest BCUT2D eigenvalue weighted by molar-refractivity contribution is -0.148. The number of hydrogen-bond acceptors (Lipinski definition) is 4. The number of carbonyl (C=O) groups is 3. The van der Waals surface area contributed by atoms with E-state index in [0.29, 0.717) is 31.7 Å². The summed E-state index contributed by atoms with van der Waals surface area (Å²) in [5, 5.41) is 0. The second kappa shape index (κ2) is 7.02. The van der Waals surface area contributed by atoms with Crippen molar-refractivity contribution in [2.75, 3.05) is 6.61 Å². The molecule has 0 aliphatic heterocycles. The van der Waals surface area contributed by atoms with Gasteiger partial charge < -0.3 is 4.74 Å². The highest BCUT2D eigenvalue weighted by Crippen LogP contribution is 2.70. The molecule has 166 valence electrons. The minimum atomic E-state index is -0.421. The van der Waals surface area contributed by atoms with E-state index in [0.717, 1.165) is 61.7 Å². The van der Waals surface area contributed by atoms with E-state index in [1.54, 1.807) is 6.08 Å². The Hall–Kier alpha value is -1.97. The normalized spacial score (nSPS) is 38.7. The molecule has 0 aromatic heterocycles. The molecule has 1 spiro atoms. The van der Waals surface area contributed by atoms with Crippen LogP contribution in [0.2, 0.25) is 0 Å². The van der Waals surface area contributed by atoms with Gasteiger partial charge in [-0.05, 0) is 67.6 Å². The van der Waals surface area contributed by atoms with Crippen molar-refractivity contribution in [2.45, 2.75) is 85.0 Å². The number of fused-ring (bicyclic) bond motifs is 3. The quantitative estimate of drug-likeness (QED) is 0.448. The van der Waals surface area contributed by atoms with Crippen molar-refractivity contribution in [3.8, 4) is 0 Å². The Morgan fingerprint density at radius 2 is 1.94 bits per heavy atom. The van der Waals surface area contributed by atoms with Crippen molar-refractivity contribution in [1.82, 2.24) is 0 Å². The number of hydrogen-bond donors (Lipinski definition) is 0. The van der Waals surface area contributed by atoms with Crippen molar-refractivity contribution < 1.29 is 19.1 Å². The molecule has 0 aromatic carbocycles. The fourth-order valence-electron chi connectivity index (χ4n) is 7.43. The van der Waals surface area contributed by atoms with Crippen LogP contribution in [-0.2, 0) is 19.1 Å². The summed E-state index contributed by atoms with van der Waals surface area (Å²) >= 11 is 0. The number of unbranched alkanes of at least 4 members (excludes halogenated alkanes) is 1. The highest BCUT2D eigenvalue weighted by molar-refractivity contribution is 5.96. The molecule has 5 rings (SSSR count). The number of allylic oxidation sites excluding steroid dienone is 5. The highest BCUT2D eigenvalue weighted by Gasteiger charge is 2.65. The molecule has 5 aliphatic rings. The first-order chi connectivity index (χ1) is 14.8. The molecule has 0 radical (unpaired) electrons. The monoisotopic (exact) mass is 422 g/mol. The fourth-order valence-corrected chi connectivity index (χ4v) is 7.43. The van der Waals surface area contributed by atoms with E-state index in [2.05, 4.69) is 26.8 Å². The highest BCUT2D eigenvalue weighted by atomic mass is 16.5. The van der Waals surface area contributed by atoms with E-state index in [1.807, 2.05) is 0 Å². The van der Waals surface area contributed by atoms with Gasteiger partial charge in [-0.15, -0.1) is 0 Å². The smallest absolute Gasteiger partial charge is 0.313 e. The first kappa shape index (κ1) is 20.9. The zero-order valence-electron chi connectivity index (χ0n) is 19.1. The van der Waals surface area contributed by atoms with E-state index in [9.17, 15) is 14.4 Å². The van der Waals surface area contributed by atoms with Crippen molar-refractivity contribution in [2.24, 2.45) is 22.2 Å². The Morgan fingerprint density at radius 3 is 2.71 bits per heavy atom. The van der Waals surface area contributed by atoms with Crippen LogP contribution >= 0.6 is 0 Å². The summed E-state index contributed by atoms with van der Waals surface area (Å²) in [4.78, 5) is 39.0. The van der Waals surface area contributed by atoms with Crippen molar-refractivity contribution in [3.63, 3.8) is 0 Å². The number of rotatable bonds is 4. The predicted octanol–water partition coefficient (Wildman–Crippen LogP) is 5.42. The van der Waals surface area contributed by atoms with Gasteiger partial charge in [0, 0.05) is 18.3 Å². The van der Waals surface area contributed by atoms with Gasteiger partial charge in [-0.3, -0.25) is 14.4 Å². The second-order valence-corrected chi connectivity index (χ2v) is 10.8. The van der Waals surface area contributed by atoms with Gasteiger partial charge in [0.2, 0.25) is 0 Å². The van der Waals surface area contributed by atoms with Crippen LogP contribution in [0.25, 0.3) is 0 Å². The zero-order valence-corrected chi connectivity index (χ0v) is 19.1. The van der Waals surface area contributed by atoms with E-state index in [-0.39, 0.29) is 22.6 Å². The molecule has 31 heavy (non-hydrogen) atoms. The average Bonchev–Trinajstić information content (AvgIpc) is 3.18. The van der Waals surface area contributed by atoms with E-state index < -0.39 is 11.3 Å². The Labute approximate surface area is 185 Å². The van der Waals surface area contributed by atoms with Crippen molar-refractivity contribution in [1.29, 1.82) is 0 Å². The maximum atomic E-state index is 13.3. The minimum Gasteiger partial charge on any atom is -0.465 e. The lowest BCUT2D eigenvalue weighted by atomic mass is 9.50. The van der Waals surface area contributed by atoms with Gasteiger partial charge in [-0.1, -0.05) is 44.4 Å². The average molecular weight is 423 g/mol. The second-order valence-electron chi connectivity index (χ2n) is 10.8. The topological polar surface area (TPSA) is 60.4 Å². The maximum Gasteiger partial charge on any atom is 0.313 e. The molecule has 0 N–H and O–H groups in total. The summed E-state index contributed by atoms with van der Waals surface area (Å²) in [6.45, 7) is 7.04. The molecule has 4 heteroatoms. The number of ketones is 2. The third kappa shape index (κ3) is 2.69. The number of Topliss-reactive ketones (excluding diaryl/α,β-unsaturated/α-hetero) is 1. The zero-order chi connectivity index (χ0) is 22.0. The van der Waals surface area contributed by atoms with Gasteiger partial charge in [-0.2, -0.15) is 0 Å². The Kier molecular flexibility index (Phi) is 4.73. The molecule has 5 aliphatic carbocycles. The first-order valence-corrected chi connectivity index (χ1v) is 12.2. The summed E-state index contributed by atoms with van der Waals surface area (Å²) in [7, 11) is 0. The van der Waals surface area contributed by atoms with Crippen LogP contribution in [0.4, 0.5) is 0 Å². The molecular weight excluding hydrogens is 388 g/mol. The fraction of sp³-hybridized carbons (Fsp3) is 0.667. The van der Waals surface area contributed by atoms with Gasteiger partial charge in [0.1, 0.15) is 5.78 Å². The lowest BCUT2D eigenvalue weighted by Gasteiger charge is -2.52. The molecule has 0 amide bonds. The molecule has 4 atom stereocenters. The van der Waals surface area contributed by atoms with Crippen LogP contribution in [0.1, 0.15) is 85.0 Å². The summed E-state index contributed by atoms with van der Waals surface area (Å²) in [6.07, 6.45) is 12.0. The van der Waals surface area contributed by atoms with Gasteiger partial charge in [-0.25, -0.2) is 0 Å². The Morgan fingerprint density at radius 1 is 1.13 bits per heavy atom. The molecule has 0 bridgehead atoms. The van der Waals surface area contributed by atoms with Crippen LogP contribution in [0.5, 0.6) is 0 Å². The molecular formula is C27H34O4. The summed E-state index contributed by atoms with van der Waals surface area (Å²) < 4.78 is 5.72. The van der Waals surface area contributed by atoms with Gasteiger partial charge in [0.25, 0.3) is 0 Å². The van der Waals surface area contributed by atoms with Crippen molar-refractivity contribution >= 4 is 17.5 Å². The number of carbonyl (C=O) groups excluding carboxylic acids is 3. The minimum absolute atomic E-state index is 0.0197. The predicted molar refractivity (Wildman–Crippen MR) is 118 cm³/mol. The van der Waals surface area contributed by atoms with Gasteiger partial charge in [0.05, 0.1) is 17.9 Å². The number of esters is 1. The standard InChI is InChI=1S/C27H34O4/c1-4-5-14-31-24(30)19-16-17-15-18(28)6-12-26(17,3)20-8-13-27-21(23(19)20)7-10-25(27,2)11-9-22(27)29/h7,15,19H,4-6,8-14,16H2,1-3H3/t19-,25+,26?,27-/m1/s1. The summed E-state index contributed by atoms with van der Waals surface area (Å²) in [5.41, 5.74) is 4.04. The van der Waals surface area contributed by atoms with Gasteiger partial charge >= 0.3 is 5.97 Å². The van der Waals surface area contributed by atoms with Gasteiger partial charge in [0.15, 0.2) is 5.78 Å². The largest absolute Gasteiger partial charge is 0.465 e. The molecule has 1 fully saturated rings. The molecule has 0 aromatic rings. The Bertz CT molecular complexity index is 966. The molecule has 0 heterocycles. The summed E-state index contributed by atoms with van der Waals surface area (Å²) in [5.74, 6) is -0.0376. The molecule has 4 nitrogen and oxygen atoms in total. The van der Waals surface area contributed by atoms with Crippen LogP contribution in [-0.4, -0.2) is 24.1 Å². The molecule has 1 unspecified atom stereocenters. The molecule has 0 saturated heterocycles. The van der Waals surface area contributed by atoms with E-state index >= 15 is 0 Å². The third-order valence-corrected chi connectivity index (χ3v) is 9.37. The number of ether oxygens (including phenoxy) is 1. The van der Waals surface area contributed by atoms with Crippen LogP contribution in [0.15, 0.2) is 34.4 Å².